The molecule has 70 valence electrons. The molecule has 0 saturated carbocycles. The number of nitro groups is 2. The van der Waals surface area contributed by atoms with Gasteiger partial charge in [-0.2, -0.15) is 0 Å². The molecule has 0 radical (unpaired) electrons. The minimum Gasteiger partial charge on any atom is -0.258 e. The SMILES string of the molecule is O=[N+]([O-])C1([N+](=O)[O-])C=CC=CC1I. The van der Waals surface area contributed by atoms with Crippen LogP contribution in [0.3, 0.4) is 0 Å². The fraction of sp³-hybridized carbons (Fsp3) is 0.333. The van der Waals surface area contributed by atoms with Crippen LogP contribution in [-0.2, 0) is 0 Å². The molecule has 0 saturated heterocycles. The first-order chi connectivity index (χ1) is 6.01. The Morgan fingerprint density at radius 2 is 1.77 bits per heavy atom. The number of halogens is 1. The Balaban J connectivity index is 3.19. The van der Waals surface area contributed by atoms with Crippen molar-refractivity contribution < 1.29 is 9.85 Å². The summed E-state index contributed by atoms with van der Waals surface area (Å²) in [5, 5.41) is 21.2. The summed E-state index contributed by atoms with van der Waals surface area (Å²) in [5.41, 5.74) is -2.20. The third-order valence-corrected chi connectivity index (χ3v) is 3.06. The molecule has 0 bridgehead atoms. The summed E-state index contributed by atoms with van der Waals surface area (Å²) in [6, 6.07) is 0. The predicted octanol–water partition coefficient (Wildman–Crippen LogP) is 1.17. The molecule has 0 N–H and O–H groups in total. The molecule has 0 spiro atoms. The van der Waals surface area contributed by atoms with E-state index in [0.29, 0.717) is 0 Å². The maximum Gasteiger partial charge on any atom is 0.492 e. The summed E-state index contributed by atoms with van der Waals surface area (Å²) >= 11 is 1.68. The number of alkyl halides is 1. The number of rotatable bonds is 2. The van der Waals surface area contributed by atoms with Gasteiger partial charge in [0.05, 0.1) is 6.08 Å². The Bertz CT molecular complexity index is 298. The van der Waals surface area contributed by atoms with E-state index in [4.69, 9.17) is 0 Å². The quantitative estimate of drug-likeness (QED) is 0.251. The zero-order valence-corrected chi connectivity index (χ0v) is 8.45. The second kappa shape index (κ2) is 3.40. The van der Waals surface area contributed by atoms with Crippen LogP contribution in [0.5, 0.6) is 0 Å². The standard InChI is InChI=1S/C6H5IN2O4/c7-5-3-1-2-4-6(5,8(10)11)9(12)13/h1-5H. The minimum atomic E-state index is -2.20. The molecule has 1 rings (SSSR count). The molecule has 7 heteroatoms. The topological polar surface area (TPSA) is 86.3 Å². The molecule has 0 heterocycles. The largest absolute Gasteiger partial charge is 0.492 e. The molecule has 6 nitrogen and oxygen atoms in total. The summed E-state index contributed by atoms with van der Waals surface area (Å²) in [6.45, 7) is 0. The van der Waals surface area contributed by atoms with Crippen molar-refractivity contribution in [2.45, 2.75) is 9.59 Å². The van der Waals surface area contributed by atoms with Gasteiger partial charge in [0.1, 0.15) is 9.85 Å². The van der Waals surface area contributed by atoms with Crippen LogP contribution in [-0.4, -0.2) is 19.4 Å². The predicted molar refractivity (Wildman–Crippen MR) is 52.8 cm³/mol. The first-order valence-corrected chi connectivity index (χ1v) is 4.55. The van der Waals surface area contributed by atoms with Gasteiger partial charge in [-0.05, 0) is 0 Å². The third kappa shape index (κ3) is 1.43. The van der Waals surface area contributed by atoms with Crippen LogP contribution in [0.4, 0.5) is 0 Å². The van der Waals surface area contributed by atoms with Crippen LogP contribution in [0.1, 0.15) is 0 Å². The highest BCUT2D eigenvalue weighted by molar-refractivity contribution is 14.1. The Kier molecular flexibility index (Phi) is 2.64. The maximum absolute atomic E-state index is 10.6. The maximum atomic E-state index is 10.6. The number of hydrogen-bond acceptors (Lipinski definition) is 4. The van der Waals surface area contributed by atoms with E-state index >= 15 is 0 Å². The van der Waals surface area contributed by atoms with Crippen molar-refractivity contribution in [3.8, 4) is 0 Å². The second-order valence-electron chi connectivity index (χ2n) is 2.44. The summed E-state index contributed by atoms with van der Waals surface area (Å²) in [7, 11) is 0. The smallest absolute Gasteiger partial charge is 0.258 e. The molecule has 0 aromatic rings. The second-order valence-corrected chi connectivity index (χ2v) is 3.79. The van der Waals surface area contributed by atoms with Crippen LogP contribution < -0.4 is 0 Å². The summed E-state index contributed by atoms with van der Waals surface area (Å²) in [6.07, 6.45) is 5.32. The van der Waals surface area contributed by atoms with Gasteiger partial charge < -0.3 is 0 Å². The van der Waals surface area contributed by atoms with E-state index in [1.807, 2.05) is 0 Å². The molecule has 13 heavy (non-hydrogen) atoms. The molecule has 1 aliphatic carbocycles. The van der Waals surface area contributed by atoms with Crippen molar-refractivity contribution in [2.75, 3.05) is 0 Å². The van der Waals surface area contributed by atoms with E-state index in [-0.39, 0.29) is 0 Å². The number of hydrogen-bond donors (Lipinski definition) is 0. The summed E-state index contributed by atoms with van der Waals surface area (Å²) in [5.74, 6) is 0. The van der Waals surface area contributed by atoms with Gasteiger partial charge >= 0.3 is 5.66 Å². The fourth-order valence-electron chi connectivity index (χ4n) is 0.982. The molecule has 0 aromatic carbocycles. The third-order valence-electron chi connectivity index (χ3n) is 1.72. The van der Waals surface area contributed by atoms with Crippen LogP contribution in [0, 0.1) is 20.2 Å². The van der Waals surface area contributed by atoms with E-state index in [9.17, 15) is 20.2 Å². The monoisotopic (exact) mass is 296 g/mol. The van der Waals surface area contributed by atoms with Crippen molar-refractivity contribution in [1.82, 2.24) is 0 Å². The van der Waals surface area contributed by atoms with E-state index in [1.165, 1.54) is 12.2 Å². The van der Waals surface area contributed by atoms with Gasteiger partial charge in [-0.25, -0.2) is 0 Å². The molecular weight excluding hydrogens is 291 g/mol. The van der Waals surface area contributed by atoms with Crippen molar-refractivity contribution in [3.63, 3.8) is 0 Å². The Morgan fingerprint density at radius 3 is 2.08 bits per heavy atom. The number of allylic oxidation sites excluding steroid dienone is 2. The Hall–Kier alpha value is -0.990. The first-order valence-electron chi connectivity index (χ1n) is 3.31. The highest BCUT2D eigenvalue weighted by Gasteiger charge is 2.59. The van der Waals surface area contributed by atoms with Crippen LogP contribution >= 0.6 is 22.6 Å². The lowest BCUT2D eigenvalue weighted by Crippen LogP contribution is -2.51. The lowest BCUT2D eigenvalue weighted by molar-refractivity contribution is -0.777. The van der Waals surface area contributed by atoms with E-state index in [2.05, 4.69) is 0 Å². The van der Waals surface area contributed by atoms with Gasteiger partial charge in [-0.15, -0.1) is 0 Å². The van der Waals surface area contributed by atoms with Gasteiger partial charge in [-0.1, -0.05) is 40.8 Å². The van der Waals surface area contributed by atoms with Gasteiger partial charge in [-0.3, -0.25) is 20.2 Å². The Morgan fingerprint density at radius 1 is 1.23 bits per heavy atom. The van der Waals surface area contributed by atoms with Crippen molar-refractivity contribution in [2.24, 2.45) is 0 Å². The van der Waals surface area contributed by atoms with Crippen LogP contribution in [0.15, 0.2) is 24.3 Å². The van der Waals surface area contributed by atoms with Crippen LogP contribution in [0.25, 0.3) is 0 Å². The van der Waals surface area contributed by atoms with E-state index < -0.39 is 19.4 Å². The lowest BCUT2D eigenvalue weighted by Gasteiger charge is -2.18. The van der Waals surface area contributed by atoms with Crippen molar-refractivity contribution in [1.29, 1.82) is 0 Å². The zero-order chi connectivity index (χ0) is 10.1. The Labute approximate surface area is 86.7 Å². The number of nitrogens with zero attached hydrogens (tertiary/aromatic N) is 2. The molecule has 1 aliphatic rings. The molecule has 1 atom stereocenters. The first kappa shape index (κ1) is 10.1. The van der Waals surface area contributed by atoms with E-state index in [1.54, 1.807) is 28.7 Å². The average Bonchev–Trinajstić information content (AvgIpc) is 2.04. The molecular formula is C6H5IN2O4. The van der Waals surface area contributed by atoms with Gasteiger partial charge in [0, 0.05) is 0 Å². The van der Waals surface area contributed by atoms with Gasteiger partial charge in [0.2, 0.25) is 0 Å². The van der Waals surface area contributed by atoms with Crippen LogP contribution in [0.2, 0.25) is 0 Å². The van der Waals surface area contributed by atoms with E-state index in [0.717, 1.165) is 6.08 Å². The molecule has 0 fully saturated rings. The minimum absolute atomic E-state index is 0.764. The molecule has 0 aliphatic heterocycles. The van der Waals surface area contributed by atoms with Crippen molar-refractivity contribution in [3.05, 3.63) is 44.5 Å². The highest BCUT2D eigenvalue weighted by atomic mass is 127. The van der Waals surface area contributed by atoms with Crippen molar-refractivity contribution >= 4 is 22.6 Å². The lowest BCUT2D eigenvalue weighted by atomic mass is 10.0. The average molecular weight is 296 g/mol. The fourth-order valence-corrected chi connectivity index (χ4v) is 1.88. The molecule has 1 unspecified atom stereocenters. The summed E-state index contributed by atoms with van der Waals surface area (Å²) < 4.78 is -0.764. The molecule has 0 aromatic heterocycles. The normalized spacial score (nSPS) is 24.2. The zero-order valence-electron chi connectivity index (χ0n) is 6.29. The van der Waals surface area contributed by atoms with Gasteiger partial charge in [0.15, 0.2) is 3.92 Å². The van der Waals surface area contributed by atoms with Gasteiger partial charge in [0.25, 0.3) is 0 Å². The highest BCUT2D eigenvalue weighted by Crippen LogP contribution is 2.28. The molecule has 0 amide bonds. The summed E-state index contributed by atoms with van der Waals surface area (Å²) in [4.78, 5) is 19.5.